The van der Waals surface area contributed by atoms with Gasteiger partial charge in [-0.2, -0.15) is 0 Å². The van der Waals surface area contributed by atoms with Gasteiger partial charge in [0.15, 0.2) is 11.6 Å². The van der Waals surface area contributed by atoms with Gasteiger partial charge in [0.1, 0.15) is 5.15 Å². The molecule has 0 aliphatic rings. The molecule has 0 fully saturated rings. The normalized spacial score (nSPS) is 10.4. The number of carbonyl (C=O) groups is 1. The maximum absolute atomic E-state index is 13.4. The van der Waals surface area contributed by atoms with E-state index in [1.807, 2.05) is 6.92 Å². The van der Waals surface area contributed by atoms with Crippen molar-refractivity contribution < 1.29 is 13.6 Å². The molecule has 1 aromatic heterocycles. The van der Waals surface area contributed by atoms with Crippen LogP contribution < -0.4 is 5.32 Å². The first-order chi connectivity index (χ1) is 9.47. The molecule has 0 radical (unpaired) electrons. The van der Waals surface area contributed by atoms with Crippen molar-refractivity contribution in [2.75, 3.05) is 0 Å². The molecular formula is C14H11ClF2N2O. The van der Waals surface area contributed by atoms with Gasteiger partial charge in [-0.1, -0.05) is 17.7 Å². The van der Waals surface area contributed by atoms with Crippen LogP contribution in [0.25, 0.3) is 0 Å². The lowest BCUT2D eigenvalue weighted by molar-refractivity contribution is 0.0945. The van der Waals surface area contributed by atoms with Crippen molar-refractivity contribution in [1.82, 2.24) is 10.3 Å². The van der Waals surface area contributed by atoms with Gasteiger partial charge in [0, 0.05) is 0 Å². The lowest BCUT2D eigenvalue weighted by Gasteiger charge is -2.07. The SMILES string of the molecule is Cc1cc(Cl)nc(CNC(=O)c2cccc(F)c2F)c1. The summed E-state index contributed by atoms with van der Waals surface area (Å²) in [6.45, 7) is 1.92. The van der Waals surface area contributed by atoms with Crippen molar-refractivity contribution in [3.63, 3.8) is 0 Å². The first-order valence-corrected chi connectivity index (χ1v) is 6.20. The van der Waals surface area contributed by atoms with Gasteiger partial charge in [-0.05, 0) is 36.8 Å². The fraction of sp³-hybridized carbons (Fsp3) is 0.143. The van der Waals surface area contributed by atoms with E-state index in [4.69, 9.17) is 11.6 Å². The number of halogens is 3. The van der Waals surface area contributed by atoms with Crippen LogP contribution in [-0.2, 0) is 6.54 Å². The van der Waals surface area contributed by atoms with E-state index in [1.165, 1.54) is 12.1 Å². The molecule has 0 bridgehead atoms. The Morgan fingerprint density at radius 1 is 1.35 bits per heavy atom. The van der Waals surface area contributed by atoms with Crippen LogP contribution in [0.1, 0.15) is 21.6 Å². The van der Waals surface area contributed by atoms with Gasteiger partial charge in [-0.25, -0.2) is 13.8 Å². The second-order valence-electron chi connectivity index (χ2n) is 4.24. The summed E-state index contributed by atoms with van der Waals surface area (Å²) in [5.74, 6) is -2.93. The molecule has 0 unspecified atom stereocenters. The van der Waals surface area contributed by atoms with Crippen LogP contribution in [0.5, 0.6) is 0 Å². The Morgan fingerprint density at radius 2 is 2.10 bits per heavy atom. The monoisotopic (exact) mass is 296 g/mol. The Morgan fingerprint density at radius 3 is 2.80 bits per heavy atom. The van der Waals surface area contributed by atoms with Crippen molar-refractivity contribution >= 4 is 17.5 Å². The predicted molar refractivity (Wildman–Crippen MR) is 71.5 cm³/mol. The van der Waals surface area contributed by atoms with Gasteiger partial charge in [-0.15, -0.1) is 0 Å². The summed E-state index contributed by atoms with van der Waals surface area (Å²) in [7, 11) is 0. The molecule has 2 rings (SSSR count). The van der Waals surface area contributed by atoms with Crippen molar-refractivity contribution in [1.29, 1.82) is 0 Å². The average Bonchev–Trinajstić information content (AvgIpc) is 2.38. The molecule has 0 atom stereocenters. The molecule has 0 saturated heterocycles. The minimum Gasteiger partial charge on any atom is -0.346 e. The molecule has 0 spiro atoms. The third kappa shape index (κ3) is 3.30. The number of benzene rings is 1. The summed E-state index contributed by atoms with van der Waals surface area (Å²) >= 11 is 5.80. The third-order valence-electron chi connectivity index (χ3n) is 2.62. The number of aryl methyl sites for hydroxylation is 1. The first-order valence-electron chi connectivity index (χ1n) is 5.82. The van der Waals surface area contributed by atoms with E-state index in [-0.39, 0.29) is 12.1 Å². The molecule has 2 aromatic rings. The van der Waals surface area contributed by atoms with Crippen LogP contribution in [0.3, 0.4) is 0 Å². The summed E-state index contributed by atoms with van der Waals surface area (Å²) < 4.78 is 26.5. The smallest absolute Gasteiger partial charge is 0.254 e. The number of rotatable bonds is 3. The van der Waals surface area contributed by atoms with Gasteiger partial charge >= 0.3 is 0 Å². The Bertz CT molecular complexity index is 641. The minimum atomic E-state index is -1.17. The molecule has 6 heteroatoms. The second kappa shape index (κ2) is 5.96. The molecule has 1 amide bonds. The zero-order chi connectivity index (χ0) is 14.7. The number of amides is 1. The number of aromatic nitrogens is 1. The highest BCUT2D eigenvalue weighted by Gasteiger charge is 2.14. The van der Waals surface area contributed by atoms with Crippen molar-refractivity contribution in [2.45, 2.75) is 13.5 Å². The van der Waals surface area contributed by atoms with Gasteiger partial charge in [0.05, 0.1) is 17.8 Å². The number of nitrogens with zero attached hydrogens (tertiary/aromatic N) is 1. The largest absolute Gasteiger partial charge is 0.346 e. The molecule has 1 heterocycles. The van der Waals surface area contributed by atoms with E-state index in [2.05, 4.69) is 10.3 Å². The summed E-state index contributed by atoms with van der Waals surface area (Å²) in [6, 6.07) is 6.86. The number of hydrogen-bond acceptors (Lipinski definition) is 2. The van der Waals surface area contributed by atoms with Gasteiger partial charge in [0.2, 0.25) is 0 Å². The number of pyridine rings is 1. The van der Waals surface area contributed by atoms with E-state index < -0.39 is 17.5 Å². The maximum Gasteiger partial charge on any atom is 0.254 e. The zero-order valence-electron chi connectivity index (χ0n) is 10.6. The second-order valence-corrected chi connectivity index (χ2v) is 4.63. The van der Waals surface area contributed by atoms with Crippen LogP contribution in [0, 0.1) is 18.6 Å². The molecule has 104 valence electrons. The zero-order valence-corrected chi connectivity index (χ0v) is 11.3. The highest BCUT2D eigenvalue weighted by Crippen LogP contribution is 2.12. The van der Waals surface area contributed by atoms with E-state index in [0.29, 0.717) is 10.8 Å². The molecule has 1 aromatic carbocycles. The van der Waals surface area contributed by atoms with Crippen molar-refractivity contribution in [3.8, 4) is 0 Å². The Kier molecular flexibility index (Phi) is 4.29. The molecule has 3 nitrogen and oxygen atoms in total. The maximum atomic E-state index is 13.4. The van der Waals surface area contributed by atoms with Crippen LogP contribution in [0.2, 0.25) is 5.15 Å². The molecule has 0 aliphatic heterocycles. The highest BCUT2D eigenvalue weighted by atomic mass is 35.5. The first kappa shape index (κ1) is 14.4. The standard InChI is InChI=1S/C14H11ClF2N2O/c1-8-5-9(19-12(15)6-8)7-18-14(20)10-3-2-4-11(16)13(10)17/h2-6H,7H2,1H3,(H,18,20). The van der Waals surface area contributed by atoms with Crippen molar-refractivity contribution in [3.05, 3.63) is 63.9 Å². The molecular weight excluding hydrogens is 286 g/mol. The van der Waals surface area contributed by atoms with Gasteiger partial charge in [0.25, 0.3) is 5.91 Å². The summed E-state index contributed by atoms with van der Waals surface area (Å²) in [5, 5.41) is 2.78. The average molecular weight is 297 g/mol. The fourth-order valence-corrected chi connectivity index (χ4v) is 2.01. The number of carbonyl (C=O) groups excluding carboxylic acids is 1. The van der Waals surface area contributed by atoms with Crippen LogP contribution in [-0.4, -0.2) is 10.9 Å². The summed E-state index contributed by atoms with van der Waals surface area (Å²) in [6.07, 6.45) is 0. The van der Waals surface area contributed by atoms with E-state index in [1.54, 1.807) is 12.1 Å². The van der Waals surface area contributed by atoms with Crippen LogP contribution in [0.4, 0.5) is 8.78 Å². The lowest BCUT2D eigenvalue weighted by Crippen LogP contribution is -2.24. The van der Waals surface area contributed by atoms with Gasteiger partial charge in [-0.3, -0.25) is 4.79 Å². The number of hydrogen-bond donors (Lipinski definition) is 1. The van der Waals surface area contributed by atoms with E-state index in [0.717, 1.165) is 11.6 Å². The number of nitrogens with one attached hydrogen (secondary N) is 1. The quantitative estimate of drug-likeness (QED) is 0.884. The Hall–Kier alpha value is -2.01. The lowest BCUT2D eigenvalue weighted by atomic mass is 10.2. The van der Waals surface area contributed by atoms with E-state index in [9.17, 15) is 13.6 Å². The predicted octanol–water partition coefficient (Wildman–Crippen LogP) is 3.25. The Balaban J connectivity index is 2.10. The minimum absolute atomic E-state index is 0.0796. The molecule has 0 saturated carbocycles. The fourth-order valence-electron chi connectivity index (χ4n) is 1.73. The molecule has 1 N–H and O–H groups in total. The summed E-state index contributed by atoms with van der Waals surface area (Å²) in [5.41, 5.74) is 1.09. The van der Waals surface area contributed by atoms with Crippen LogP contribution in [0.15, 0.2) is 30.3 Å². The Labute approximate surface area is 119 Å². The highest BCUT2D eigenvalue weighted by molar-refractivity contribution is 6.29. The topological polar surface area (TPSA) is 42.0 Å². The van der Waals surface area contributed by atoms with Crippen molar-refractivity contribution in [2.24, 2.45) is 0 Å². The third-order valence-corrected chi connectivity index (χ3v) is 2.81. The molecule has 20 heavy (non-hydrogen) atoms. The molecule has 0 aliphatic carbocycles. The van der Waals surface area contributed by atoms with E-state index >= 15 is 0 Å². The van der Waals surface area contributed by atoms with Crippen LogP contribution >= 0.6 is 11.6 Å². The summed E-state index contributed by atoms with van der Waals surface area (Å²) in [4.78, 5) is 15.8. The van der Waals surface area contributed by atoms with Gasteiger partial charge < -0.3 is 5.32 Å².